The van der Waals surface area contributed by atoms with Gasteiger partial charge in [0, 0.05) is 11.4 Å². The van der Waals surface area contributed by atoms with Crippen LogP contribution in [-0.4, -0.2) is 12.1 Å². The fourth-order valence-electron chi connectivity index (χ4n) is 0.920. The normalized spacial score (nSPS) is 11.2. The molecule has 0 bridgehead atoms. The lowest BCUT2D eigenvalue weighted by Crippen LogP contribution is -2.29. The molecule has 3 nitrogen and oxygen atoms in total. The number of amides is 1. The van der Waals surface area contributed by atoms with Crippen molar-refractivity contribution in [1.82, 2.24) is 0 Å². The number of aryl methyl sites for hydroxylation is 1. The highest BCUT2D eigenvalue weighted by molar-refractivity contribution is 5.95. The first-order valence-electron chi connectivity index (χ1n) is 4.05. The summed E-state index contributed by atoms with van der Waals surface area (Å²) in [5.41, 5.74) is 6.57. The second-order valence-electron chi connectivity index (χ2n) is 3.02. The van der Waals surface area contributed by atoms with E-state index in [4.69, 9.17) is 5.73 Å². The number of nitrogens with two attached hydrogens (primary N) is 1. The lowest BCUT2D eigenvalue weighted by molar-refractivity contribution is -0.167. The van der Waals surface area contributed by atoms with Gasteiger partial charge in [-0.3, -0.25) is 4.79 Å². The fourth-order valence-corrected chi connectivity index (χ4v) is 0.920. The van der Waals surface area contributed by atoms with Crippen LogP contribution in [0, 0.1) is 6.92 Å². The molecular weight excluding hydrogens is 209 g/mol. The molecule has 6 heteroatoms. The smallest absolute Gasteiger partial charge is 0.398 e. The van der Waals surface area contributed by atoms with E-state index in [1.54, 1.807) is 12.2 Å². The Bertz CT molecular complexity index is 387. The number of benzene rings is 1. The van der Waals surface area contributed by atoms with E-state index >= 15 is 0 Å². The molecule has 0 radical (unpaired) electrons. The van der Waals surface area contributed by atoms with Gasteiger partial charge in [0.15, 0.2) is 0 Å². The Morgan fingerprint density at radius 3 is 2.47 bits per heavy atom. The number of carbonyl (C=O) groups excluding carboxylic acids is 1. The predicted octanol–water partition coefficient (Wildman–Crippen LogP) is 2.08. The Labute approximate surface area is 84.1 Å². The van der Waals surface area contributed by atoms with Crippen molar-refractivity contribution in [1.29, 1.82) is 0 Å². The minimum Gasteiger partial charge on any atom is -0.398 e. The van der Waals surface area contributed by atoms with Crippen molar-refractivity contribution in [2.24, 2.45) is 0 Å². The molecule has 0 fully saturated rings. The van der Waals surface area contributed by atoms with Crippen molar-refractivity contribution in [3.8, 4) is 0 Å². The lowest BCUT2D eigenvalue weighted by atomic mass is 10.2. The zero-order chi connectivity index (χ0) is 11.6. The molecule has 0 saturated carbocycles. The van der Waals surface area contributed by atoms with E-state index in [0.717, 1.165) is 5.56 Å². The van der Waals surface area contributed by atoms with Gasteiger partial charge in [-0.1, -0.05) is 6.07 Å². The van der Waals surface area contributed by atoms with Crippen LogP contribution in [0.5, 0.6) is 0 Å². The molecule has 0 aliphatic heterocycles. The molecule has 82 valence electrons. The molecule has 1 aromatic carbocycles. The maximum absolute atomic E-state index is 11.9. The Hall–Kier alpha value is -1.72. The first kappa shape index (κ1) is 11.4. The van der Waals surface area contributed by atoms with Crippen LogP contribution in [0.3, 0.4) is 0 Å². The van der Waals surface area contributed by atoms with Crippen LogP contribution in [0.4, 0.5) is 24.5 Å². The van der Waals surface area contributed by atoms with Crippen LogP contribution in [0.15, 0.2) is 18.2 Å². The second kappa shape index (κ2) is 3.80. The van der Waals surface area contributed by atoms with Crippen molar-refractivity contribution in [3.63, 3.8) is 0 Å². The minimum atomic E-state index is -4.89. The molecule has 0 aliphatic rings. The van der Waals surface area contributed by atoms with E-state index in [2.05, 4.69) is 0 Å². The highest BCUT2D eigenvalue weighted by Gasteiger charge is 2.38. The van der Waals surface area contributed by atoms with Gasteiger partial charge in [-0.25, -0.2) is 0 Å². The Balaban J connectivity index is 2.83. The number of hydrogen-bond acceptors (Lipinski definition) is 2. The summed E-state index contributed by atoms with van der Waals surface area (Å²) in [4.78, 5) is 10.6. The Morgan fingerprint density at radius 1 is 1.40 bits per heavy atom. The van der Waals surface area contributed by atoms with Crippen LogP contribution in [0.1, 0.15) is 5.56 Å². The average Bonchev–Trinajstić information content (AvgIpc) is 2.10. The summed E-state index contributed by atoms with van der Waals surface area (Å²) >= 11 is 0. The van der Waals surface area contributed by atoms with Crippen LogP contribution in [0.25, 0.3) is 0 Å². The van der Waals surface area contributed by atoms with Gasteiger partial charge in [0.05, 0.1) is 0 Å². The minimum absolute atomic E-state index is 0.0282. The largest absolute Gasteiger partial charge is 0.471 e. The van der Waals surface area contributed by atoms with Crippen LogP contribution >= 0.6 is 0 Å². The quantitative estimate of drug-likeness (QED) is 0.709. The van der Waals surface area contributed by atoms with E-state index in [0.29, 0.717) is 5.69 Å². The zero-order valence-electron chi connectivity index (χ0n) is 7.85. The number of nitrogen functional groups attached to an aromatic ring is 1. The molecular formula is C9H9F3N2O. The van der Waals surface area contributed by atoms with Crippen molar-refractivity contribution in [2.45, 2.75) is 13.1 Å². The van der Waals surface area contributed by atoms with E-state index in [1.807, 2.05) is 0 Å². The van der Waals surface area contributed by atoms with Crippen LogP contribution in [0.2, 0.25) is 0 Å². The van der Waals surface area contributed by atoms with Gasteiger partial charge >= 0.3 is 12.1 Å². The van der Waals surface area contributed by atoms with Crippen molar-refractivity contribution >= 4 is 17.3 Å². The van der Waals surface area contributed by atoms with Gasteiger partial charge in [0.1, 0.15) is 0 Å². The van der Waals surface area contributed by atoms with Crippen molar-refractivity contribution in [2.75, 3.05) is 11.1 Å². The van der Waals surface area contributed by atoms with E-state index in [1.165, 1.54) is 18.2 Å². The highest BCUT2D eigenvalue weighted by Crippen LogP contribution is 2.21. The molecule has 0 unspecified atom stereocenters. The van der Waals surface area contributed by atoms with Gasteiger partial charge in [-0.2, -0.15) is 13.2 Å². The average molecular weight is 218 g/mol. The van der Waals surface area contributed by atoms with E-state index in [9.17, 15) is 18.0 Å². The number of anilines is 2. The predicted molar refractivity (Wildman–Crippen MR) is 50.3 cm³/mol. The number of carbonyl (C=O) groups is 1. The topological polar surface area (TPSA) is 55.1 Å². The number of hydrogen-bond donors (Lipinski definition) is 2. The van der Waals surface area contributed by atoms with Crippen LogP contribution in [-0.2, 0) is 4.79 Å². The third kappa shape index (κ3) is 2.87. The summed E-state index contributed by atoms with van der Waals surface area (Å²) < 4.78 is 35.6. The Morgan fingerprint density at radius 2 is 2.00 bits per heavy atom. The van der Waals surface area contributed by atoms with Crippen molar-refractivity contribution < 1.29 is 18.0 Å². The number of halogens is 3. The summed E-state index contributed by atoms with van der Waals surface area (Å²) in [7, 11) is 0. The van der Waals surface area contributed by atoms with Gasteiger partial charge in [-0.15, -0.1) is 0 Å². The standard InChI is InChI=1S/C9H9F3N2O/c1-5-2-3-6(4-7(5)13)14-8(15)9(10,11)12/h2-4H,13H2,1H3,(H,14,15). The van der Waals surface area contributed by atoms with E-state index in [-0.39, 0.29) is 5.69 Å². The maximum atomic E-state index is 11.9. The molecule has 3 N–H and O–H groups in total. The second-order valence-corrected chi connectivity index (χ2v) is 3.02. The molecule has 0 saturated heterocycles. The SMILES string of the molecule is Cc1ccc(NC(=O)C(F)(F)F)cc1N. The third-order valence-corrected chi connectivity index (χ3v) is 1.79. The summed E-state index contributed by atoms with van der Waals surface area (Å²) in [6.45, 7) is 1.71. The monoisotopic (exact) mass is 218 g/mol. The van der Waals surface area contributed by atoms with Crippen LogP contribution < -0.4 is 11.1 Å². The molecule has 15 heavy (non-hydrogen) atoms. The number of nitrogens with one attached hydrogen (secondary N) is 1. The first-order valence-corrected chi connectivity index (χ1v) is 4.05. The Kier molecular flexibility index (Phi) is 2.88. The maximum Gasteiger partial charge on any atom is 0.471 e. The zero-order valence-corrected chi connectivity index (χ0v) is 7.85. The van der Waals surface area contributed by atoms with Gasteiger partial charge in [0.25, 0.3) is 0 Å². The van der Waals surface area contributed by atoms with E-state index < -0.39 is 12.1 Å². The van der Waals surface area contributed by atoms with Gasteiger partial charge in [0.2, 0.25) is 0 Å². The molecule has 0 atom stereocenters. The number of rotatable bonds is 1. The third-order valence-electron chi connectivity index (χ3n) is 1.79. The summed E-state index contributed by atoms with van der Waals surface area (Å²) in [5.74, 6) is -2.01. The number of alkyl halides is 3. The molecule has 0 spiro atoms. The highest BCUT2D eigenvalue weighted by atomic mass is 19.4. The first-order chi connectivity index (χ1) is 6.80. The van der Waals surface area contributed by atoms with Gasteiger partial charge < -0.3 is 11.1 Å². The summed E-state index contributed by atoms with van der Waals surface area (Å²) in [6, 6.07) is 4.16. The summed E-state index contributed by atoms with van der Waals surface area (Å²) in [5, 5.41) is 1.71. The molecule has 0 heterocycles. The molecule has 0 aliphatic carbocycles. The summed E-state index contributed by atoms with van der Waals surface area (Å²) in [6.07, 6.45) is -4.89. The molecule has 0 aromatic heterocycles. The van der Waals surface area contributed by atoms with Crippen molar-refractivity contribution in [3.05, 3.63) is 23.8 Å². The van der Waals surface area contributed by atoms with Gasteiger partial charge in [-0.05, 0) is 24.6 Å². The molecule has 1 aromatic rings. The fraction of sp³-hybridized carbons (Fsp3) is 0.222. The lowest BCUT2D eigenvalue weighted by Gasteiger charge is -2.09. The molecule has 1 amide bonds. The molecule has 1 rings (SSSR count).